The van der Waals surface area contributed by atoms with Crippen molar-refractivity contribution in [3.63, 3.8) is 0 Å². The molecular formula is C17H18F3N3O2. The van der Waals surface area contributed by atoms with Gasteiger partial charge in [0.1, 0.15) is 0 Å². The van der Waals surface area contributed by atoms with Gasteiger partial charge in [0.05, 0.1) is 19.1 Å². The molecule has 0 aliphatic carbocycles. The van der Waals surface area contributed by atoms with E-state index in [1.807, 2.05) is 0 Å². The number of hydrogen-bond donors (Lipinski definition) is 1. The molecule has 0 saturated carbocycles. The molecule has 134 valence electrons. The minimum Gasteiger partial charge on any atom is -0.477 e. The highest BCUT2D eigenvalue weighted by Crippen LogP contribution is 2.20. The zero-order valence-electron chi connectivity index (χ0n) is 13.8. The zero-order chi connectivity index (χ0) is 18.4. The lowest BCUT2D eigenvalue weighted by Crippen LogP contribution is -2.26. The highest BCUT2D eigenvalue weighted by atomic mass is 19.4. The molecule has 1 N–H and O–H groups in total. The van der Waals surface area contributed by atoms with Gasteiger partial charge in [-0.2, -0.15) is 13.2 Å². The normalized spacial score (nSPS) is 12.5. The first-order chi connectivity index (χ1) is 11.7. The van der Waals surface area contributed by atoms with Crippen LogP contribution in [0.15, 0.2) is 36.7 Å². The van der Waals surface area contributed by atoms with Crippen LogP contribution in [0.5, 0.6) is 5.88 Å². The van der Waals surface area contributed by atoms with Gasteiger partial charge in [-0.25, -0.2) is 4.98 Å². The molecule has 2 aromatic rings. The fourth-order valence-electron chi connectivity index (χ4n) is 2.05. The van der Waals surface area contributed by atoms with E-state index in [1.165, 1.54) is 12.3 Å². The van der Waals surface area contributed by atoms with Gasteiger partial charge < -0.3 is 10.1 Å². The maximum atomic E-state index is 12.2. The largest absolute Gasteiger partial charge is 0.477 e. The van der Waals surface area contributed by atoms with E-state index >= 15 is 0 Å². The molecule has 2 aromatic heterocycles. The molecule has 5 nitrogen and oxygen atoms in total. The number of hydrogen-bond acceptors (Lipinski definition) is 4. The van der Waals surface area contributed by atoms with E-state index in [0.717, 1.165) is 5.69 Å². The third-order valence-electron chi connectivity index (χ3n) is 3.40. The lowest BCUT2D eigenvalue weighted by Gasteiger charge is -2.15. The summed E-state index contributed by atoms with van der Waals surface area (Å²) >= 11 is 0. The van der Waals surface area contributed by atoms with Gasteiger partial charge in [0.15, 0.2) is 0 Å². The van der Waals surface area contributed by atoms with Crippen LogP contribution < -0.4 is 10.1 Å². The Hall–Kier alpha value is -2.64. The number of ether oxygens (including phenoxy) is 1. The van der Waals surface area contributed by atoms with E-state index in [4.69, 9.17) is 4.74 Å². The molecule has 0 radical (unpaired) electrons. The second-order valence-electron chi connectivity index (χ2n) is 5.52. The number of aromatic nitrogens is 2. The number of amides is 1. The summed E-state index contributed by atoms with van der Waals surface area (Å²) in [6.45, 7) is 3.10. The third-order valence-corrected chi connectivity index (χ3v) is 3.40. The highest BCUT2D eigenvalue weighted by Gasteiger charge is 2.26. The molecule has 2 heterocycles. The summed E-state index contributed by atoms with van der Waals surface area (Å²) in [5.41, 5.74) is 1.95. The highest BCUT2D eigenvalue weighted by molar-refractivity contribution is 5.94. The molecule has 1 atom stereocenters. The molecular weight excluding hydrogens is 335 g/mol. The van der Waals surface area contributed by atoms with Crippen molar-refractivity contribution in [3.05, 3.63) is 53.5 Å². The van der Waals surface area contributed by atoms with Crippen LogP contribution in [-0.4, -0.2) is 28.7 Å². The molecule has 25 heavy (non-hydrogen) atoms. The van der Waals surface area contributed by atoms with Crippen molar-refractivity contribution in [2.75, 3.05) is 6.61 Å². The van der Waals surface area contributed by atoms with Crippen LogP contribution >= 0.6 is 0 Å². The lowest BCUT2D eigenvalue weighted by atomic mass is 10.1. The SMILES string of the molecule is Cc1cc(C(=O)NC(C)c2ccc(OCCC(F)(F)F)nc2)ccn1. The van der Waals surface area contributed by atoms with Crippen LogP contribution in [-0.2, 0) is 0 Å². The van der Waals surface area contributed by atoms with Gasteiger partial charge in [-0.05, 0) is 31.5 Å². The van der Waals surface area contributed by atoms with Gasteiger partial charge in [0, 0.05) is 29.7 Å². The van der Waals surface area contributed by atoms with Gasteiger partial charge in [-0.1, -0.05) is 6.07 Å². The van der Waals surface area contributed by atoms with Crippen LogP contribution in [0.4, 0.5) is 13.2 Å². The lowest BCUT2D eigenvalue weighted by molar-refractivity contribution is -0.139. The maximum Gasteiger partial charge on any atom is 0.392 e. The summed E-state index contributed by atoms with van der Waals surface area (Å²) in [5.74, 6) is -0.139. The first kappa shape index (κ1) is 18.7. The number of rotatable bonds is 6. The molecule has 0 spiro atoms. The minimum absolute atomic E-state index is 0.108. The summed E-state index contributed by atoms with van der Waals surface area (Å²) in [6.07, 6.45) is -2.27. The molecule has 2 rings (SSSR count). The average molecular weight is 353 g/mol. The number of pyridine rings is 2. The van der Waals surface area contributed by atoms with E-state index in [9.17, 15) is 18.0 Å². The summed E-state index contributed by atoms with van der Waals surface area (Å²) in [5, 5.41) is 2.83. The number of aryl methyl sites for hydroxylation is 1. The number of carbonyl (C=O) groups excluding carboxylic acids is 1. The second kappa shape index (κ2) is 7.96. The number of nitrogens with zero attached hydrogens (tertiary/aromatic N) is 2. The predicted octanol–water partition coefficient (Wildman–Crippen LogP) is 3.61. The molecule has 0 fully saturated rings. The second-order valence-corrected chi connectivity index (χ2v) is 5.52. The van der Waals surface area contributed by atoms with E-state index in [-0.39, 0.29) is 17.8 Å². The summed E-state index contributed by atoms with van der Waals surface area (Å²) in [4.78, 5) is 20.2. The Kier molecular flexibility index (Phi) is 5.95. The van der Waals surface area contributed by atoms with Gasteiger partial charge in [0.2, 0.25) is 5.88 Å². The van der Waals surface area contributed by atoms with Crippen LogP contribution in [0.1, 0.15) is 41.0 Å². The number of carbonyl (C=O) groups is 1. The van der Waals surface area contributed by atoms with Gasteiger partial charge in [-0.15, -0.1) is 0 Å². The van der Waals surface area contributed by atoms with Crippen molar-refractivity contribution in [2.45, 2.75) is 32.5 Å². The number of halogens is 3. The zero-order valence-corrected chi connectivity index (χ0v) is 13.8. The monoisotopic (exact) mass is 353 g/mol. The van der Waals surface area contributed by atoms with E-state index in [0.29, 0.717) is 11.1 Å². The van der Waals surface area contributed by atoms with Crippen LogP contribution in [0.3, 0.4) is 0 Å². The Labute approximate surface area is 143 Å². The number of nitrogens with one attached hydrogen (secondary N) is 1. The fourth-order valence-corrected chi connectivity index (χ4v) is 2.05. The first-order valence-electron chi connectivity index (χ1n) is 7.63. The van der Waals surface area contributed by atoms with Gasteiger partial charge >= 0.3 is 6.18 Å². The van der Waals surface area contributed by atoms with E-state index in [2.05, 4.69) is 15.3 Å². The Balaban J connectivity index is 1.91. The number of alkyl halides is 3. The van der Waals surface area contributed by atoms with Crippen molar-refractivity contribution in [1.29, 1.82) is 0 Å². The molecule has 0 aliphatic heterocycles. The Morgan fingerprint density at radius 2 is 2.04 bits per heavy atom. The van der Waals surface area contributed by atoms with Crippen molar-refractivity contribution in [1.82, 2.24) is 15.3 Å². The Bertz CT molecular complexity index is 718. The van der Waals surface area contributed by atoms with E-state index in [1.54, 1.807) is 38.2 Å². The van der Waals surface area contributed by atoms with Crippen molar-refractivity contribution in [2.24, 2.45) is 0 Å². The summed E-state index contributed by atoms with van der Waals surface area (Å²) in [6, 6.07) is 6.10. The summed E-state index contributed by atoms with van der Waals surface area (Å²) in [7, 11) is 0. The molecule has 0 aromatic carbocycles. The van der Waals surface area contributed by atoms with Crippen LogP contribution in [0.25, 0.3) is 0 Å². The van der Waals surface area contributed by atoms with Gasteiger partial charge in [-0.3, -0.25) is 9.78 Å². The minimum atomic E-state index is -4.26. The quantitative estimate of drug-likeness (QED) is 0.862. The Morgan fingerprint density at radius 3 is 2.64 bits per heavy atom. The van der Waals surface area contributed by atoms with E-state index < -0.39 is 19.2 Å². The molecule has 0 aliphatic rings. The smallest absolute Gasteiger partial charge is 0.392 e. The van der Waals surface area contributed by atoms with Crippen molar-refractivity contribution >= 4 is 5.91 Å². The summed E-state index contributed by atoms with van der Waals surface area (Å²) < 4.78 is 41.2. The molecule has 1 amide bonds. The maximum absolute atomic E-state index is 12.2. The molecule has 0 bridgehead atoms. The third kappa shape index (κ3) is 6.06. The Morgan fingerprint density at radius 1 is 1.28 bits per heavy atom. The molecule has 8 heteroatoms. The topological polar surface area (TPSA) is 64.1 Å². The standard InChI is InChI=1S/C17H18F3N3O2/c1-11-9-13(5-7-21-11)16(24)23-12(2)14-3-4-15(22-10-14)25-8-6-17(18,19)20/h3-5,7,9-10,12H,6,8H2,1-2H3,(H,23,24). The fraction of sp³-hybridized carbons (Fsp3) is 0.353. The molecule has 0 saturated heterocycles. The van der Waals surface area contributed by atoms with Crippen molar-refractivity contribution < 1.29 is 22.7 Å². The van der Waals surface area contributed by atoms with Crippen LogP contribution in [0.2, 0.25) is 0 Å². The average Bonchev–Trinajstić information content (AvgIpc) is 2.54. The first-order valence-corrected chi connectivity index (χ1v) is 7.63. The van der Waals surface area contributed by atoms with Crippen LogP contribution in [0, 0.1) is 6.92 Å². The van der Waals surface area contributed by atoms with Gasteiger partial charge in [0.25, 0.3) is 5.91 Å². The molecule has 1 unspecified atom stereocenters. The predicted molar refractivity (Wildman–Crippen MR) is 85.3 cm³/mol. The van der Waals surface area contributed by atoms with Crippen molar-refractivity contribution in [3.8, 4) is 5.88 Å².